The summed E-state index contributed by atoms with van der Waals surface area (Å²) in [7, 11) is 0. The summed E-state index contributed by atoms with van der Waals surface area (Å²) in [5, 5.41) is 13.5. The molecule has 0 fully saturated rings. The second-order valence-electron chi connectivity index (χ2n) is 6.25. The van der Waals surface area contributed by atoms with Gasteiger partial charge in [-0.2, -0.15) is 0 Å². The van der Waals surface area contributed by atoms with Crippen molar-refractivity contribution in [3.8, 4) is 0 Å². The van der Waals surface area contributed by atoms with Gasteiger partial charge in [0, 0.05) is 13.0 Å². The molecule has 1 aliphatic rings. The lowest BCUT2D eigenvalue weighted by atomic mass is 9.80. The van der Waals surface area contributed by atoms with Crippen LogP contribution in [0.2, 0.25) is 0 Å². The van der Waals surface area contributed by atoms with E-state index >= 15 is 0 Å². The topological polar surface area (TPSA) is 49.3 Å². The van der Waals surface area contributed by atoms with E-state index in [0.29, 0.717) is 12.8 Å². The molecule has 0 spiro atoms. The summed E-state index contributed by atoms with van der Waals surface area (Å²) < 4.78 is 12.9. The van der Waals surface area contributed by atoms with Crippen LogP contribution in [0, 0.1) is 5.82 Å². The zero-order valence-corrected chi connectivity index (χ0v) is 12.9. The summed E-state index contributed by atoms with van der Waals surface area (Å²) in [5.41, 5.74) is 2.28. The molecule has 1 unspecified atom stereocenters. The molecule has 3 nitrogen and oxygen atoms in total. The van der Waals surface area contributed by atoms with E-state index in [4.69, 9.17) is 0 Å². The smallest absolute Gasteiger partial charge is 0.224 e. The number of hydrogen-bond donors (Lipinski definition) is 2. The number of carbonyl (C=O) groups is 1. The van der Waals surface area contributed by atoms with Crippen LogP contribution in [0.25, 0.3) is 0 Å². The average molecular weight is 313 g/mol. The summed E-state index contributed by atoms with van der Waals surface area (Å²) in [6.45, 7) is 0.237. The Hall–Kier alpha value is -2.20. The summed E-state index contributed by atoms with van der Waals surface area (Å²) in [6.07, 6.45) is 2.20. The van der Waals surface area contributed by atoms with Crippen molar-refractivity contribution in [3.63, 3.8) is 0 Å². The minimum Gasteiger partial charge on any atom is -0.388 e. The number of halogens is 1. The van der Waals surface area contributed by atoms with Gasteiger partial charge in [0.05, 0.1) is 12.0 Å². The van der Waals surface area contributed by atoms with Crippen LogP contribution in [-0.4, -0.2) is 23.2 Å². The normalized spacial score (nSPS) is 19.9. The molecular formula is C19H20FNO2. The van der Waals surface area contributed by atoms with Gasteiger partial charge in [0.1, 0.15) is 5.82 Å². The molecule has 4 heteroatoms. The molecule has 3 rings (SSSR count). The number of nitrogens with one attached hydrogen (secondary N) is 1. The van der Waals surface area contributed by atoms with Crippen molar-refractivity contribution in [2.45, 2.75) is 31.3 Å². The van der Waals surface area contributed by atoms with Gasteiger partial charge in [-0.05, 0) is 41.7 Å². The fourth-order valence-electron chi connectivity index (χ4n) is 3.05. The first-order chi connectivity index (χ1) is 11.0. The lowest BCUT2D eigenvalue weighted by Crippen LogP contribution is -2.47. The zero-order valence-electron chi connectivity index (χ0n) is 12.9. The molecule has 1 amide bonds. The number of benzene rings is 2. The lowest BCUT2D eigenvalue weighted by Gasteiger charge is -2.33. The van der Waals surface area contributed by atoms with Crippen molar-refractivity contribution in [3.05, 3.63) is 71.0 Å². The molecule has 0 saturated carbocycles. The number of rotatable bonds is 4. The monoisotopic (exact) mass is 313 g/mol. The van der Waals surface area contributed by atoms with Crippen LogP contribution in [0.3, 0.4) is 0 Å². The predicted molar refractivity (Wildman–Crippen MR) is 86.5 cm³/mol. The van der Waals surface area contributed by atoms with Gasteiger partial charge in [-0.15, -0.1) is 0 Å². The van der Waals surface area contributed by atoms with E-state index in [0.717, 1.165) is 17.5 Å². The Kier molecular flexibility index (Phi) is 4.44. The van der Waals surface area contributed by atoms with Gasteiger partial charge in [0.15, 0.2) is 0 Å². The predicted octanol–water partition coefficient (Wildman–Crippen LogP) is 2.40. The van der Waals surface area contributed by atoms with Crippen LogP contribution in [0.5, 0.6) is 0 Å². The molecule has 2 aromatic carbocycles. The van der Waals surface area contributed by atoms with Gasteiger partial charge in [-0.1, -0.05) is 36.4 Å². The molecule has 0 saturated heterocycles. The standard InChI is InChI=1S/C19H20FNO2/c20-17-7-5-14(6-8-17)11-18(22)21-13-19(23)10-9-15-3-1-2-4-16(15)12-19/h1-8,23H,9-13H2,(H,21,22). The number of fused-ring (bicyclic) bond motifs is 1. The molecular weight excluding hydrogens is 293 g/mol. The number of aryl methyl sites for hydroxylation is 1. The molecule has 2 aromatic rings. The SMILES string of the molecule is O=C(Cc1ccc(F)cc1)NCC1(O)CCc2ccccc2C1. The van der Waals surface area contributed by atoms with Gasteiger partial charge >= 0.3 is 0 Å². The molecule has 0 aromatic heterocycles. The van der Waals surface area contributed by atoms with Crippen LogP contribution < -0.4 is 5.32 Å². The maximum atomic E-state index is 12.9. The summed E-state index contributed by atoms with van der Waals surface area (Å²) in [5.74, 6) is -0.478. The van der Waals surface area contributed by atoms with E-state index in [2.05, 4.69) is 11.4 Å². The Morgan fingerprint density at radius 3 is 2.57 bits per heavy atom. The van der Waals surface area contributed by atoms with Crippen LogP contribution in [0.1, 0.15) is 23.1 Å². The third-order valence-electron chi connectivity index (χ3n) is 4.39. The highest BCUT2D eigenvalue weighted by molar-refractivity contribution is 5.78. The van der Waals surface area contributed by atoms with Crippen molar-refractivity contribution in [2.24, 2.45) is 0 Å². The Labute approximate surface area is 135 Å². The average Bonchev–Trinajstić information content (AvgIpc) is 2.55. The second kappa shape index (κ2) is 6.50. The Morgan fingerprint density at radius 2 is 1.83 bits per heavy atom. The summed E-state index contributed by atoms with van der Waals surface area (Å²) in [4.78, 5) is 12.0. The third-order valence-corrected chi connectivity index (χ3v) is 4.39. The second-order valence-corrected chi connectivity index (χ2v) is 6.25. The van der Waals surface area contributed by atoms with E-state index in [1.54, 1.807) is 12.1 Å². The van der Waals surface area contributed by atoms with Crippen molar-refractivity contribution in [1.29, 1.82) is 0 Å². The largest absolute Gasteiger partial charge is 0.388 e. The molecule has 2 N–H and O–H groups in total. The zero-order chi connectivity index (χ0) is 16.3. The first-order valence-electron chi connectivity index (χ1n) is 7.84. The number of aliphatic hydroxyl groups is 1. The Bertz CT molecular complexity index is 699. The highest BCUT2D eigenvalue weighted by atomic mass is 19.1. The fraction of sp³-hybridized carbons (Fsp3) is 0.316. The Balaban J connectivity index is 1.55. The lowest BCUT2D eigenvalue weighted by molar-refractivity contribution is -0.121. The molecule has 0 radical (unpaired) electrons. The van der Waals surface area contributed by atoms with E-state index < -0.39 is 5.60 Å². The van der Waals surface area contributed by atoms with Crippen molar-refractivity contribution in [2.75, 3.05) is 6.54 Å². The summed E-state index contributed by atoms with van der Waals surface area (Å²) >= 11 is 0. The fourth-order valence-corrected chi connectivity index (χ4v) is 3.05. The minimum absolute atomic E-state index is 0.163. The molecule has 1 atom stereocenters. The minimum atomic E-state index is -0.896. The maximum Gasteiger partial charge on any atom is 0.224 e. The maximum absolute atomic E-state index is 12.9. The molecule has 0 bridgehead atoms. The molecule has 0 aliphatic heterocycles. The van der Waals surface area contributed by atoms with Gasteiger partial charge < -0.3 is 10.4 Å². The van der Waals surface area contributed by atoms with Crippen molar-refractivity contribution >= 4 is 5.91 Å². The van der Waals surface area contributed by atoms with E-state index in [1.165, 1.54) is 17.7 Å². The molecule has 1 aliphatic carbocycles. The third kappa shape index (κ3) is 3.96. The van der Waals surface area contributed by atoms with Crippen molar-refractivity contribution in [1.82, 2.24) is 5.32 Å². The Morgan fingerprint density at radius 1 is 1.13 bits per heavy atom. The van der Waals surface area contributed by atoms with Gasteiger partial charge in [-0.3, -0.25) is 4.79 Å². The van der Waals surface area contributed by atoms with E-state index in [9.17, 15) is 14.3 Å². The number of hydrogen-bond acceptors (Lipinski definition) is 2. The number of amides is 1. The highest BCUT2D eigenvalue weighted by Gasteiger charge is 2.32. The number of carbonyl (C=O) groups excluding carboxylic acids is 1. The quantitative estimate of drug-likeness (QED) is 0.910. The highest BCUT2D eigenvalue weighted by Crippen LogP contribution is 2.28. The summed E-state index contributed by atoms with van der Waals surface area (Å²) in [6, 6.07) is 14.0. The van der Waals surface area contributed by atoms with Crippen LogP contribution >= 0.6 is 0 Å². The van der Waals surface area contributed by atoms with Crippen LogP contribution in [-0.2, 0) is 24.1 Å². The van der Waals surface area contributed by atoms with Crippen molar-refractivity contribution < 1.29 is 14.3 Å². The van der Waals surface area contributed by atoms with Gasteiger partial charge in [0.2, 0.25) is 5.91 Å². The van der Waals surface area contributed by atoms with Gasteiger partial charge in [-0.25, -0.2) is 4.39 Å². The molecule has 23 heavy (non-hydrogen) atoms. The molecule has 120 valence electrons. The van der Waals surface area contributed by atoms with Crippen LogP contribution in [0.15, 0.2) is 48.5 Å². The van der Waals surface area contributed by atoms with E-state index in [-0.39, 0.29) is 24.7 Å². The van der Waals surface area contributed by atoms with Gasteiger partial charge in [0.25, 0.3) is 0 Å². The molecule has 0 heterocycles. The van der Waals surface area contributed by atoms with E-state index in [1.807, 2.05) is 18.2 Å². The van der Waals surface area contributed by atoms with Crippen LogP contribution in [0.4, 0.5) is 4.39 Å². The first kappa shape index (κ1) is 15.7. The first-order valence-corrected chi connectivity index (χ1v) is 7.84.